The van der Waals surface area contributed by atoms with E-state index in [2.05, 4.69) is 16.5 Å². The molecule has 5 N–H and O–H groups in total. The molecule has 2 aliphatic rings. The first kappa shape index (κ1) is 38.4. The van der Waals surface area contributed by atoms with Crippen molar-refractivity contribution < 1.29 is 44.0 Å². The molecule has 3 atom stereocenters. The van der Waals surface area contributed by atoms with Crippen molar-refractivity contribution in [2.24, 2.45) is 5.92 Å². The summed E-state index contributed by atoms with van der Waals surface area (Å²) in [6.07, 6.45) is 1.01. The second-order valence-corrected chi connectivity index (χ2v) is 13.7. The molecule has 0 saturated heterocycles. The molecule has 13 heteroatoms. The van der Waals surface area contributed by atoms with Gasteiger partial charge >= 0.3 is 23.9 Å². The van der Waals surface area contributed by atoms with E-state index >= 15 is 0 Å². The number of aromatic nitrogens is 4. The number of ketones is 1. The molecular weight excluding hydrogens is 680 g/mol. The molecule has 0 fully saturated rings. The van der Waals surface area contributed by atoms with Crippen LogP contribution < -0.4 is 0 Å². The van der Waals surface area contributed by atoms with E-state index in [1.807, 2.05) is 45.9 Å². The van der Waals surface area contributed by atoms with Gasteiger partial charge in [0.25, 0.3) is 0 Å². The molecule has 0 amide bonds. The first-order valence-electron chi connectivity index (χ1n) is 17.5. The van der Waals surface area contributed by atoms with E-state index < -0.39 is 54.3 Å². The van der Waals surface area contributed by atoms with E-state index in [4.69, 9.17) is 14.7 Å². The maximum absolute atomic E-state index is 13.2. The van der Waals surface area contributed by atoms with Crippen molar-refractivity contribution in [2.75, 3.05) is 7.11 Å². The van der Waals surface area contributed by atoms with Gasteiger partial charge in [-0.3, -0.25) is 24.2 Å². The summed E-state index contributed by atoms with van der Waals surface area (Å²) in [7, 11) is 1.23. The van der Waals surface area contributed by atoms with E-state index in [0.29, 0.717) is 29.1 Å². The lowest BCUT2D eigenvalue weighted by atomic mass is 9.83. The lowest BCUT2D eigenvalue weighted by Gasteiger charge is -2.19. The Kier molecular flexibility index (Phi) is 11.2. The van der Waals surface area contributed by atoms with Gasteiger partial charge in [-0.15, -0.1) is 0 Å². The van der Waals surface area contributed by atoms with E-state index in [0.717, 1.165) is 44.3 Å². The van der Waals surface area contributed by atoms with Gasteiger partial charge in [0.2, 0.25) is 0 Å². The van der Waals surface area contributed by atoms with Gasteiger partial charge in [-0.05, 0) is 74.1 Å². The summed E-state index contributed by atoms with van der Waals surface area (Å²) >= 11 is 0. The van der Waals surface area contributed by atoms with Crippen molar-refractivity contribution in [2.45, 2.75) is 85.0 Å². The minimum absolute atomic E-state index is 0.0649. The maximum atomic E-state index is 13.2. The van der Waals surface area contributed by atoms with Gasteiger partial charge in [-0.25, -0.2) is 9.78 Å². The number of aromatic amines is 2. The van der Waals surface area contributed by atoms with Crippen LogP contribution in [0.15, 0.2) is 24.8 Å². The number of carboxylic acid groups (broad SMARTS) is 3. The van der Waals surface area contributed by atoms with E-state index in [1.54, 1.807) is 13.0 Å². The topological polar surface area (TPSA) is 213 Å². The Morgan fingerprint density at radius 1 is 0.925 bits per heavy atom. The number of H-pyrrole nitrogens is 2. The lowest BCUT2D eigenvalue weighted by Crippen LogP contribution is -2.21. The van der Waals surface area contributed by atoms with E-state index in [1.165, 1.54) is 7.11 Å². The Morgan fingerprint density at radius 3 is 2.21 bits per heavy atom. The monoisotopic (exact) mass is 724 g/mol. The molecule has 3 aromatic rings. The van der Waals surface area contributed by atoms with Crippen LogP contribution in [-0.2, 0) is 41.6 Å². The van der Waals surface area contributed by atoms with Crippen LogP contribution in [0.2, 0.25) is 0 Å². The van der Waals surface area contributed by atoms with Crippen molar-refractivity contribution in [3.8, 4) is 0 Å². The lowest BCUT2D eigenvalue weighted by molar-refractivity contribution is -0.149. The molecule has 1 unspecified atom stereocenters. The molecule has 0 aromatic carbocycles. The van der Waals surface area contributed by atoms with Crippen LogP contribution in [-0.4, -0.2) is 72.0 Å². The van der Waals surface area contributed by atoms with Crippen molar-refractivity contribution in [1.29, 1.82) is 0 Å². The van der Waals surface area contributed by atoms with Crippen LogP contribution in [0, 0.1) is 19.8 Å². The number of esters is 1. The zero-order chi connectivity index (χ0) is 38.9. The van der Waals surface area contributed by atoms with Crippen LogP contribution >= 0.6 is 0 Å². The Hall–Kier alpha value is -5.85. The number of rotatable bonds is 13. The van der Waals surface area contributed by atoms with Gasteiger partial charge in [0.1, 0.15) is 5.78 Å². The van der Waals surface area contributed by atoms with Crippen LogP contribution in [0.5, 0.6) is 0 Å². The third kappa shape index (κ3) is 7.55. The van der Waals surface area contributed by atoms with Gasteiger partial charge < -0.3 is 30.0 Å². The van der Waals surface area contributed by atoms with Gasteiger partial charge in [0.05, 0.1) is 48.5 Å². The molecule has 5 rings (SSSR count). The highest BCUT2D eigenvalue weighted by atomic mass is 16.5. The van der Waals surface area contributed by atoms with Crippen LogP contribution in [0.25, 0.3) is 39.3 Å². The third-order valence-electron chi connectivity index (χ3n) is 10.5. The number of allylic oxidation sites excluding steroid dienone is 1. The number of carboxylic acids is 3. The molecule has 53 heavy (non-hydrogen) atoms. The number of carbonyl (C=O) groups is 5. The zero-order valence-electron chi connectivity index (χ0n) is 30.7. The SMILES string of the molecule is C=Cc1c(C)c2cc3nc(c(CC(=O)OC)c4nc(cc5[nH]c(cc1[nH]2)c(C)c5CC)C(C)=C4C(=O)O)[C@@H](CCC(=O)CC(CC(=O)O)C(=O)O)[C@@H]3C. The van der Waals surface area contributed by atoms with Crippen molar-refractivity contribution >= 4 is 68.9 Å². The number of ether oxygens (including phenoxy) is 1. The van der Waals surface area contributed by atoms with Gasteiger partial charge in [-0.1, -0.05) is 26.5 Å². The van der Waals surface area contributed by atoms with Crippen LogP contribution in [0.3, 0.4) is 0 Å². The number of aliphatic carboxylic acids is 3. The first-order chi connectivity index (χ1) is 25.1. The van der Waals surface area contributed by atoms with Crippen LogP contribution in [0.1, 0.15) is 109 Å². The molecule has 5 heterocycles. The normalized spacial score (nSPS) is 16.0. The standard InChI is InChI=1S/C40H44N4O9/c1-8-24-18(3)28-15-30-20(5)26(11-10-23(45)12-22(39(49)50)13-34(46)47)37(43-30)27(14-35(48)53-7)38-36(40(51)52)21(6)31(44-38)17-33-25(9-2)19(4)29(42-33)16-32(24)41-28/h8,15-17,20,22,26,41-42H,1,9-14H2,2-7H3,(H,46,47)(H,49,50)(H,51,52)/t20-,22?,26-/m0/s1. The fraction of sp³-hybridized carbons (Fsp3) is 0.375. The third-order valence-corrected chi connectivity index (χ3v) is 10.5. The number of aryl methyl sites for hydroxylation is 3. The summed E-state index contributed by atoms with van der Waals surface area (Å²) in [5.41, 5.74) is 9.04. The first-order valence-corrected chi connectivity index (χ1v) is 17.5. The predicted molar refractivity (Wildman–Crippen MR) is 199 cm³/mol. The fourth-order valence-electron chi connectivity index (χ4n) is 7.46. The smallest absolute Gasteiger partial charge is 0.338 e. The number of nitrogens with one attached hydrogen (secondary N) is 2. The van der Waals surface area contributed by atoms with E-state index in [-0.39, 0.29) is 42.0 Å². The number of Topliss-reactive ketones (excluding diaryl/α,β-unsaturated/α-hetero) is 1. The molecule has 2 aliphatic heterocycles. The molecule has 0 spiro atoms. The molecule has 13 nitrogen and oxygen atoms in total. The second kappa shape index (κ2) is 15.4. The summed E-state index contributed by atoms with van der Waals surface area (Å²) in [4.78, 5) is 79.1. The highest BCUT2D eigenvalue weighted by Gasteiger charge is 2.36. The van der Waals surface area contributed by atoms with Crippen molar-refractivity contribution in [3.05, 3.63) is 75.4 Å². The molecule has 0 saturated carbocycles. The van der Waals surface area contributed by atoms with E-state index in [9.17, 15) is 39.3 Å². The molecule has 278 valence electrons. The average Bonchev–Trinajstić information content (AvgIpc) is 3.78. The minimum atomic E-state index is -1.38. The Labute approximate surface area is 305 Å². The van der Waals surface area contributed by atoms with Crippen LogP contribution in [0.4, 0.5) is 0 Å². The van der Waals surface area contributed by atoms with Crippen molar-refractivity contribution in [3.63, 3.8) is 0 Å². The Morgan fingerprint density at radius 2 is 1.60 bits per heavy atom. The molecular formula is C40H44N4O9. The van der Waals surface area contributed by atoms with Crippen molar-refractivity contribution in [1.82, 2.24) is 19.9 Å². The minimum Gasteiger partial charge on any atom is -0.481 e. The zero-order valence-corrected chi connectivity index (χ0v) is 30.7. The number of nitrogens with zero attached hydrogens (tertiary/aromatic N) is 2. The number of hydrogen-bond acceptors (Lipinski definition) is 8. The molecule has 0 aliphatic carbocycles. The van der Waals surface area contributed by atoms with Gasteiger partial charge in [-0.2, -0.15) is 0 Å². The predicted octanol–water partition coefficient (Wildman–Crippen LogP) is 6.67. The number of carbonyl (C=O) groups excluding carboxylic acids is 2. The highest BCUT2D eigenvalue weighted by molar-refractivity contribution is 6.24. The molecule has 8 bridgehead atoms. The Bertz CT molecular complexity index is 2260. The van der Waals surface area contributed by atoms with Gasteiger partial charge in [0.15, 0.2) is 0 Å². The summed E-state index contributed by atoms with van der Waals surface area (Å²) < 4.78 is 5.07. The number of methoxy groups -OCH3 is 1. The Balaban J connectivity index is 1.85. The molecule has 0 radical (unpaired) electrons. The fourth-order valence-corrected chi connectivity index (χ4v) is 7.46. The number of fused-ring (bicyclic) bond motifs is 8. The van der Waals surface area contributed by atoms with Gasteiger partial charge in [0, 0.05) is 63.6 Å². The average molecular weight is 725 g/mol. The highest BCUT2D eigenvalue weighted by Crippen LogP contribution is 2.44. The quantitative estimate of drug-likeness (QED) is 0.117. The summed E-state index contributed by atoms with van der Waals surface area (Å²) in [6, 6.07) is 5.72. The summed E-state index contributed by atoms with van der Waals surface area (Å²) in [6.45, 7) is 13.7. The summed E-state index contributed by atoms with van der Waals surface area (Å²) in [5, 5.41) is 29.3. The second-order valence-electron chi connectivity index (χ2n) is 13.7. The largest absolute Gasteiger partial charge is 0.481 e. The maximum Gasteiger partial charge on any atom is 0.338 e. The molecule has 3 aromatic heterocycles. The number of hydrogen-bond donors (Lipinski definition) is 5. The summed E-state index contributed by atoms with van der Waals surface area (Å²) in [5.74, 6) is -7.29.